The standard InChI is InChI=1S/C26H28N4O4S/c1-32-23-18-20(8-9-22(23)34-15-10-27)19-24-25(31)30(12-5-11-29-13-16-33-17-14-29)26(35-24)28-21-6-3-2-4-7-21/h2-4,6-9,18-19H,5,11-17H2,1H3/b24-19-,28-26?. The summed E-state index contributed by atoms with van der Waals surface area (Å²) in [6.07, 6.45) is 2.69. The average molecular weight is 493 g/mol. The maximum Gasteiger partial charge on any atom is 0.266 e. The van der Waals surface area contributed by atoms with E-state index >= 15 is 0 Å². The first-order valence-electron chi connectivity index (χ1n) is 11.5. The maximum atomic E-state index is 13.4. The van der Waals surface area contributed by atoms with Gasteiger partial charge in [-0.1, -0.05) is 24.3 Å². The molecule has 2 heterocycles. The van der Waals surface area contributed by atoms with Gasteiger partial charge in [-0.25, -0.2) is 4.99 Å². The van der Waals surface area contributed by atoms with E-state index in [1.165, 1.54) is 11.8 Å². The fourth-order valence-electron chi connectivity index (χ4n) is 3.83. The van der Waals surface area contributed by atoms with Crippen LogP contribution in [0.15, 0.2) is 58.4 Å². The minimum atomic E-state index is -0.0656. The molecule has 0 radical (unpaired) electrons. The molecule has 0 N–H and O–H groups in total. The van der Waals surface area contributed by atoms with Gasteiger partial charge in [0.15, 0.2) is 23.3 Å². The Labute approximate surface area is 209 Å². The number of benzene rings is 2. The topological polar surface area (TPSA) is 87.4 Å². The van der Waals surface area contributed by atoms with Gasteiger partial charge in [0.05, 0.1) is 30.9 Å². The number of rotatable bonds is 9. The van der Waals surface area contributed by atoms with Gasteiger partial charge in [-0.05, 0) is 54.1 Å². The molecule has 9 heteroatoms. The first-order valence-corrected chi connectivity index (χ1v) is 12.3. The van der Waals surface area contributed by atoms with E-state index in [-0.39, 0.29) is 12.5 Å². The Morgan fingerprint density at radius 2 is 1.94 bits per heavy atom. The molecule has 0 aromatic heterocycles. The Hall–Kier alpha value is -3.32. The zero-order valence-electron chi connectivity index (χ0n) is 19.7. The first-order chi connectivity index (χ1) is 17.2. The van der Waals surface area contributed by atoms with Gasteiger partial charge < -0.3 is 14.2 Å². The number of nitriles is 1. The van der Waals surface area contributed by atoms with Crippen LogP contribution < -0.4 is 9.47 Å². The quantitative estimate of drug-likeness (QED) is 0.490. The summed E-state index contributed by atoms with van der Waals surface area (Å²) >= 11 is 1.37. The van der Waals surface area contributed by atoms with Crippen LogP contribution in [0.5, 0.6) is 11.5 Å². The van der Waals surface area contributed by atoms with Crippen LogP contribution in [-0.4, -0.2) is 74.0 Å². The summed E-state index contributed by atoms with van der Waals surface area (Å²) in [6.45, 7) is 4.81. The van der Waals surface area contributed by atoms with Gasteiger partial charge in [-0.15, -0.1) is 0 Å². The molecule has 8 nitrogen and oxygen atoms in total. The minimum Gasteiger partial charge on any atom is -0.493 e. The Balaban J connectivity index is 1.54. The summed E-state index contributed by atoms with van der Waals surface area (Å²) in [5.74, 6) is 0.929. The molecule has 0 spiro atoms. The minimum absolute atomic E-state index is 0.0598. The van der Waals surface area contributed by atoms with Crippen molar-refractivity contribution < 1.29 is 19.0 Å². The van der Waals surface area contributed by atoms with Crippen LogP contribution in [0, 0.1) is 11.3 Å². The molecule has 2 fully saturated rings. The molecule has 0 saturated carbocycles. The highest BCUT2D eigenvalue weighted by Gasteiger charge is 2.33. The Kier molecular flexibility index (Phi) is 8.79. The number of nitrogens with zero attached hydrogens (tertiary/aromatic N) is 4. The second-order valence-corrected chi connectivity index (χ2v) is 8.97. The molecule has 2 aliphatic heterocycles. The van der Waals surface area contributed by atoms with Crippen LogP contribution in [0.1, 0.15) is 12.0 Å². The molecule has 2 aromatic carbocycles. The van der Waals surface area contributed by atoms with Crippen molar-refractivity contribution in [1.29, 1.82) is 5.26 Å². The summed E-state index contributed by atoms with van der Waals surface area (Å²) < 4.78 is 16.2. The van der Waals surface area contributed by atoms with Crippen molar-refractivity contribution >= 4 is 34.6 Å². The predicted octanol–water partition coefficient (Wildman–Crippen LogP) is 3.92. The largest absolute Gasteiger partial charge is 0.493 e. The van der Waals surface area contributed by atoms with Crippen molar-refractivity contribution in [2.75, 3.05) is 53.1 Å². The van der Waals surface area contributed by atoms with Crippen molar-refractivity contribution in [3.05, 3.63) is 59.0 Å². The van der Waals surface area contributed by atoms with Gasteiger partial charge in [0.25, 0.3) is 5.91 Å². The van der Waals surface area contributed by atoms with Crippen LogP contribution >= 0.6 is 11.8 Å². The van der Waals surface area contributed by atoms with Crippen molar-refractivity contribution in [2.24, 2.45) is 4.99 Å². The fourth-order valence-corrected chi connectivity index (χ4v) is 4.86. The van der Waals surface area contributed by atoms with Crippen molar-refractivity contribution in [1.82, 2.24) is 9.80 Å². The number of carbonyl (C=O) groups is 1. The van der Waals surface area contributed by atoms with E-state index in [1.807, 2.05) is 48.5 Å². The van der Waals surface area contributed by atoms with E-state index < -0.39 is 0 Å². The highest BCUT2D eigenvalue weighted by atomic mass is 32.2. The normalized spacial score (nSPS) is 18.7. The van der Waals surface area contributed by atoms with E-state index in [4.69, 9.17) is 24.5 Å². The predicted molar refractivity (Wildman–Crippen MR) is 137 cm³/mol. The van der Waals surface area contributed by atoms with Gasteiger partial charge in [-0.2, -0.15) is 5.26 Å². The highest BCUT2D eigenvalue weighted by molar-refractivity contribution is 8.18. The number of thioether (sulfide) groups is 1. The monoisotopic (exact) mass is 492 g/mol. The van der Waals surface area contributed by atoms with Crippen LogP contribution in [-0.2, 0) is 9.53 Å². The second kappa shape index (κ2) is 12.4. The van der Waals surface area contributed by atoms with Crippen LogP contribution in [0.2, 0.25) is 0 Å². The van der Waals surface area contributed by atoms with E-state index in [0.29, 0.717) is 28.1 Å². The molecular weight excluding hydrogens is 464 g/mol. The van der Waals surface area contributed by atoms with E-state index in [9.17, 15) is 4.79 Å². The van der Waals surface area contributed by atoms with Gasteiger partial charge >= 0.3 is 0 Å². The number of hydrogen-bond donors (Lipinski definition) is 0. The Morgan fingerprint density at radius 3 is 2.69 bits per heavy atom. The fraction of sp³-hybridized carbons (Fsp3) is 0.346. The van der Waals surface area contributed by atoms with Gasteiger partial charge in [-0.3, -0.25) is 14.6 Å². The molecule has 2 aromatic rings. The molecule has 35 heavy (non-hydrogen) atoms. The smallest absolute Gasteiger partial charge is 0.266 e. The average Bonchev–Trinajstić information content (AvgIpc) is 3.18. The summed E-state index contributed by atoms with van der Waals surface area (Å²) in [6, 6.07) is 17.0. The van der Waals surface area contributed by atoms with Gasteiger partial charge in [0.1, 0.15) is 6.07 Å². The number of hydrogen-bond acceptors (Lipinski definition) is 8. The number of aliphatic imine (C=N–C) groups is 1. The number of carbonyl (C=O) groups excluding carboxylic acids is 1. The molecule has 4 rings (SSSR count). The number of amides is 1. The third kappa shape index (κ3) is 6.63. The van der Waals surface area contributed by atoms with Crippen molar-refractivity contribution in [3.63, 3.8) is 0 Å². The van der Waals surface area contributed by atoms with Gasteiger partial charge in [0.2, 0.25) is 0 Å². The van der Waals surface area contributed by atoms with E-state index in [1.54, 1.807) is 24.1 Å². The lowest BCUT2D eigenvalue weighted by Gasteiger charge is -2.27. The highest BCUT2D eigenvalue weighted by Crippen LogP contribution is 2.36. The molecule has 2 saturated heterocycles. The number of methoxy groups -OCH3 is 1. The Bertz CT molecular complexity index is 1120. The first kappa shape index (κ1) is 24.8. The zero-order valence-corrected chi connectivity index (χ0v) is 20.5. The van der Waals surface area contributed by atoms with Crippen LogP contribution in [0.25, 0.3) is 6.08 Å². The molecule has 1 amide bonds. The molecule has 0 atom stereocenters. The molecule has 182 valence electrons. The summed E-state index contributed by atoms with van der Waals surface area (Å²) in [5, 5.41) is 9.44. The number of ether oxygens (including phenoxy) is 3. The van der Waals surface area contributed by atoms with Crippen LogP contribution in [0.3, 0.4) is 0 Å². The lowest BCUT2D eigenvalue weighted by Crippen LogP contribution is -2.38. The Morgan fingerprint density at radius 1 is 1.14 bits per heavy atom. The molecular formula is C26H28N4O4S. The summed E-state index contributed by atoms with van der Waals surface area (Å²) in [4.78, 5) is 22.9. The number of amidine groups is 1. The molecule has 0 unspecified atom stereocenters. The number of para-hydroxylation sites is 1. The summed E-state index contributed by atoms with van der Waals surface area (Å²) in [7, 11) is 1.54. The van der Waals surface area contributed by atoms with Gasteiger partial charge in [0, 0.05) is 26.2 Å². The third-order valence-corrected chi connectivity index (χ3v) is 6.61. The zero-order chi connectivity index (χ0) is 24.5. The lowest BCUT2D eigenvalue weighted by molar-refractivity contribution is -0.122. The summed E-state index contributed by atoms with van der Waals surface area (Å²) in [5.41, 5.74) is 1.61. The van der Waals surface area contributed by atoms with Crippen molar-refractivity contribution in [2.45, 2.75) is 6.42 Å². The lowest BCUT2D eigenvalue weighted by atomic mass is 10.2. The van der Waals surface area contributed by atoms with E-state index in [2.05, 4.69) is 4.90 Å². The molecule has 2 aliphatic rings. The van der Waals surface area contributed by atoms with E-state index in [0.717, 1.165) is 50.5 Å². The van der Waals surface area contributed by atoms with Crippen LogP contribution in [0.4, 0.5) is 5.69 Å². The second-order valence-electron chi connectivity index (χ2n) is 7.96. The maximum absolute atomic E-state index is 13.4. The molecule has 0 bridgehead atoms. The SMILES string of the molecule is COc1cc(/C=C2\SC(=Nc3ccccc3)N(CCCN3CCOCC3)C2=O)ccc1OCC#N. The number of morpholine rings is 1. The third-order valence-electron chi connectivity index (χ3n) is 5.61. The molecule has 0 aliphatic carbocycles. The van der Waals surface area contributed by atoms with Crippen molar-refractivity contribution in [3.8, 4) is 17.6 Å².